The van der Waals surface area contributed by atoms with Gasteiger partial charge >= 0.3 is 11.9 Å². The van der Waals surface area contributed by atoms with Crippen molar-refractivity contribution in [2.75, 3.05) is 19.5 Å². The van der Waals surface area contributed by atoms with E-state index in [1.54, 1.807) is 12.1 Å². The second kappa shape index (κ2) is 9.29. The number of rotatable bonds is 7. The fraction of sp³-hybridized carbons (Fsp3) is 0.375. The van der Waals surface area contributed by atoms with Crippen molar-refractivity contribution in [3.63, 3.8) is 0 Å². The molecule has 0 aliphatic rings. The molecule has 2 amide bonds. The van der Waals surface area contributed by atoms with Gasteiger partial charge in [-0.2, -0.15) is 0 Å². The topological polar surface area (TPSA) is 111 Å². The van der Waals surface area contributed by atoms with Gasteiger partial charge in [0.1, 0.15) is 6.04 Å². The third-order valence-corrected chi connectivity index (χ3v) is 3.12. The SMILES string of the molecule is COC(=O)CC[C@@H](NC(=O)c1ccc(NC(C)=O)cc1)C(=O)OC. The quantitative estimate of drug-likeness (QED) is 0.715. The van der Waals surface area contributed by atoms with E-state index in [0.29, 0.717) is 11.3 Å². The number of esters is 2. The van der Waals surface area contributed by atoms with Crippen molar-refractivity contribution >= 4 is 29.4 Å². The maximum absolute atomic E-state index is 12.2. The lowest BCUT2D eigenvalue weighted by atomic mass is 10.1. The lowest BCUT2D eigenvalue weighted by Crippen LogP contribution is -2.41. The predicted octanol–water partition coefficient (Wildman–Crippen LogP) is 0.870. The molecule has 0 radical (unpaired) electrons. The molecule has 1 aromatic rings. The number of hydrogen-bond donors (Lipinski definition) is 2. The van der Waals surface area contributed by atoms with E-state index in [9.17, 15) is 19.2 Å². The van der Waals surface area contributed by atoms with Gasteiger partial charge in [-0.3, -0.25) is 14.4 Å². The van der Waals surface area contributed by atoms with E-state index in [1.807, 2.05) is 0 Å². The van der Waals surface area contributed by atoms with E-state index in [4.69, 9.17) is 0 Å². The minimum atomic E-state index is -0.961. The Morgan fingerprint density at radius 3 is 2.17 bits per heavy atom. The van der Waals surface area contributed by atoms with Gasteiger partial charge in [-0.25, -0.2) is 4.79 Å². The first kappa shape index (κ1) is 19.1. The van der Waals surface area contributed by atoms with Gasteiger partial charge in [0.15, 0.2) is 0 Å². The van der Waals surface area contributed by atoms with Gasteiger partial charge < -0.3 is 20.1 Å². The summed E-state index contributed by atoms with van der Waals surface area (Å²) in [6.07, 6.45) is 0.0348. The highest BCUT2D eigenvalue weighted by molar-refractivity contribution is 5.97. The number of amides is 2. The van der Waals surface area contributed by atoms with E-state index in [-0.39, 0.29) is 18.7 Å². The Bertz CT molecular complexity index is 611. The standard InChI is InChI=1S/C16H20N2O6/c1-10(19)17-12-6-4-11(5-7-12)15(21)18-13(16(22)24-3)8-9-14(20)23-2/h4-7,13H,8-9H2,1-3H3,(H,17,19)(H,18,21)/t13-/m1/s1. The monoisotopic (exact) mass is 336 g/mol. The molecular weight excluding hydrogens is 316 g/mol. The molecule has 2 N–H and O–H groups in total. The fourth-order valence-corrected chi connectivity index (χ4v) is 1.91. The summed E-state index contributed by atoms with van der Waals surface area (Å²) in [4.78, 5) is 46.1. The van der Waals surface area contributed by atoms with Gasteiger partial charge in [0.05, 0.1) is 14.2 Å². The van der Waals surface area contributed by atoms with Gasteiger partial charge in [-0.1, -0.05) is 0 Å². The van der Waals surface area contributed by atoms with Crippen molar-refractivity contribution in [3.05, 3.63) is 29.8 Å². The molecule has 0 heterocycles. The van der Waals surface area contributed by atoms with E-state index >= 15 is 0 Å². The van der Waals surface area contributed by atoms with Crippen LogP contribution in [0.2, 0.25) is 0 Å². The summed E-state index contributed by atoms with van der Waals surface area (Å²) in [6.45, 7) is 1.38. The van der Waals surface area contributed by atoms with Crippen molar-refractivity contribution in [3.8, 4) is 0 Å². The van der Waals surface area contributed by atoms with Crippen molar-refractivity contribution in [2.45, 2.75) is 25.8 Å². The van der Waals surface area contributed by atoms with Crippen LogP contribution >= 0.6 is 0 Å². The Labute approximate surface area is 139 Å². The lowest BCUT2D eigenvalue weighted by Gasteiger charge is -2.16. The summed E-state index contributed by atoms with van der Waals surface area (Å²) >= 11 is 0. The smallest absolute Gasteiger partial charge is 0.328 e. The van der Waals surface area contributed by atoms with Crippen molar-refractivity contribution < 1.29 is 28.7 Å². The Kier molecular flexibility index (Phi) is 7.41. The van der Waals surface area contributed by atoms with Crippen molar-refractivity contribution in [2.24, 2.45) is 0 Å². The molecule has 0 aliphatic heterocycles. The number of hydrogen-bond acceptors (Lipinski definition) is 6. The fourth-order valence-electron chi connectivity index (χ4n) is 1.91. The molecule has 8 heteroatoms. The Hall–Kier alpha value is -2.90. The number of benzene rings is 1. The second-order valence-corrected chi connectivity index (χ2v) is 4.92. The van der Waals surface area contributed by atoms with Crippen LogP contribution in [-0.2, 0) is 23.9 Å². The van der Waals surface area contributed by atoms with E-state index < -0.39 is 23.9 Å². The molecule has 130 valence electrons. The Morgan fingerprint density at radius 2 is 1.67 bits per heavy atom. The van der Waals surface area contributed by atoms with Crippen LogP contribution in [0, 0.1) is 0 Å². The van der Waals surface area contributed by atoms with Gasteiger partial charge in [-0.15, -0.1) is 0 Å². The first-order valence-corrected chi connectivity index (χ1v) is 7.20. The first-order valence-electron chi connectivity index (χ1n) is 7.20. The molecule has 0 saturated carbocycles. The maximum Gasteiger partial charge on any atom is 0.328 e. The molecule has 8 nitrogen and oxygen atoms in total. The van der Waals surface area contributed by atoms with Crippen molar-refractivity contribution in [1.29, 1.82) is 0 Å². The van der Waals surface area contributed by atoms with E-state index in [0.717, 1.165) is 0 Å². The third-order valence-electron chi connectivity index (χ3n) is 3.12. The molecule has 0 saturated heterocycles. The number of nitrogens with one attached hydrogen (secondary N) is 2. The predicted molar refractivity (Wildman–Crippen MR) is 85.3 cm³/mol. The molecular formula is C16H20N2O6. The van der Waals surface area contributed by atoms with Crippen LogP contribution in [0.25, 0.3) is 0 Å². The molecule has 1 aromatic carbocycles. The number of anilines is 1. The van der Waals surface area contributed by atoms with Gasteiger partial charge in [0.2, 0.25) is 5.91 Å². The highest BCUT2D eigenvalue weighted by atomic mass is 16.5. The maximum atomic E-state index is 12.2. The van der Waals surface area contributed by atoms with Crippen LogP contribution in [0.5, 0.6) is 0 Å². The van der Waals surface area contributed by atoms with Crippen LogP contribution in [0.1, 0.15) is 30.1 Å². The summed E-state index contributed by atoms with van der Waals surface area (Å²) < 4.78 is 9.13. The average molecular weight is 336 g/mol. The molecule has 0 unspecified atom stereocenters. The third kappa shape index (κ3) is 6.07. The van der Waals surface area contributed by atoms with E-state index in [1.165, 1.54) is 33.3 Å². The van der Waals surface area contributed by atoms with Gasteiger partial charge in [0.25, 0.3) is 5.91 Å². The summed E-state index contributed by atoms with van der Waals surface area (Å²) in [5, 5.41) is 5.10. The summed E-state index contributed by atoms with van der Waals surface area (Å²) in [6, 6.07) is 5.19. The van der Waals surface area contributed by atoms with Crippen LogP contribution in [-0.4, -0.2) is 44.0 Å². The zero-order valence-corrected chi connectivity index (χ0v) is 13.8. The Morgan fingerprint density at radius 1 is 1.04 bits per heavy atom. The zero-order valence-electron chi connectivity index (χ0n) is 13.8. The normalized spacial score (nSPS) is 11.1. The molecule has 24 heavy (non-hydrogen) atoms. The largest absolute Gasteiger partial charge is 0.469 e. The Balaban J connectivity index is 2.74. The summed E-state index contributed by atoms with van der Waals surface area (Å²) in [5.74, 6) is -1.86. The zero-order chi connectivity index (χ0) is 18.1. The molecule has 0 fully saturated rings. The number of methoxy groups -OCH3 is 2. The molecule has 0 aromatic heterocycles. The molecule has 1 rings (SSSR count). The van der Waals surface area contributed by atoms with Gasteiger partial charge in [0, 0.05) is 24.6 Å². The number of carbonyl (C=O) groups is 4. The summed E-state index contributed by atoms with van der Waals surface area (Å²) in [7, 11) is 2.44. The van der Waals surface area contributed by atoms with Gasteiger partial charge in [-0.05, 0) is 30.7 Å². The van der Waals surface area contributed by atoms with Crippen LogP contribution < -0.4 is 10.6 Å². The molecule has 0 spiro atoms. The highest BCUT2D eigenvalue weighted by Gasteiger charge is 2.23. The molecule has 1 atom stereocenters. The van der Waals surface area contributed by atoms with Crippen molar-refractivity contribution in [1.82, 2.24) is 5.32 Å². The van der Waals surface area contributed by atoms with Crippen LogP contribution in [0.3, 0.4) is 0 Å². The second-order valence-electron chi connectivity index (χ2n) is 4.92. The lowest BCUT2D eigenvalue weighted by molar-refractivity contribution is -0.144. The minimum absolute atomic E-state index is 0.0297. The van der Waals surface area contributed by atoms with Crippen LogP contribution in [0.4, 0.5) is 5.69 Å². The number of ether oxygens (including phenoxy) is 2. The summed E-state index contributed by atoms with van der Waals surface area (Å²) in [5.41, 5.74) is 0.852. The first-order chi connectivity index (χ1) is 11.4. The van der Waals surface area contributed by atoms with E-state index in [2.05, 4.69) is 20.1 Å². The molecule has 0 bridgehead atoms. The van der Waals surface area contributed by atoms with Crippen LogP contribution in [0.15, 0.2) is 24.3 Å². The highest BCUT2D eigenvalue weighted by Crippen LogP contribution is 2.10. The minimum Gasteiger partial charge on any atom is -0.469 e. The average Bonchev–Trinajstić information content (AvgIpc) is 2.57. The number of carbonyl (C=O) groups excluding carboxylic acids is 4. The molecule has 0 aliphatic carbocycles.